The Morgan fingerprint density at radius 3 is 2.84 bits per heavy atom. The van der Waals surface area contributed by atoms with E-state index in [-0.39, 0.29) is 23.7 Å². The molecule has 0 spiro atoms. The molecule has 1 aliphatic heterocycles. The molecular formula is C15H20FNO2. The largest absolute Gasteiger partial charge is 0.391 e. The van der Waals surface area contributed by atoms with Gasteiger partial charge in [0.15, 0.2) is 0 Å². The summed E-state index contributed by atoms with van der Waals surface area (Å²) in [6.45, 7) is 4.30. The molecule has 0 bridgehead atoms. The molecule has 19 heavy (non-hydrogen) atoms. The van der Waals surface area contributed by atoms with Crippen molar-refractivity contribution in [2.75, 3.05) is 6.54 Å². The molecule has 3 nitrogen and oxygen atoms in total. The van der Waals surface area contributed by atoms with Crippen molar-refractivity contribution in [3.63, 3.8) is 0 Å². The molecule has 0 saturated carbocycles. The van der Waals surface area contributed by atoms with Crippen molar-refractivity contribution in [3.05, 3.63) is 35.6 Å². The summed E-state index contributed by atoms with van der Waals surface area (Å²) >= 11 is 0. The number of rotatable bonds is 2. The van der Waals surface area contributed by atoms with Gasteiger partial charge in [0.2, 0.25) is 5.91 Å². The number of nitrogens with zero attached hydrogens (tertiary/aromatic N) is 1. The van der Waals surface area contributed by atoms with E-state index >= 15 is 0 Å². The first kappa shape index (κ1) is 14.0. The normalized spacial score (nSPS) is 22.3. The van der Waals surface area contributed by atoms with Gasteiger partial charge in [-0.25, -0.2) is 4.39 Å². The number of aliphatic hydroxyl groups excluding tert-OH is 1. The van der Waals surface area contributed by atoms with Crippen molar-refractivity contribution in [1.82, 2.24) is 4.90 Å². The quantitative estimate of drug-likeness (QED) is 0.890. The van der Waals surface area contributed by atoms with Crippen LogP contribution in [0, 0.1) is 5.82 Å². The van der Waals surface area contributed by atoms with Crippen LogP contribution in [0.4, 0.5) is 4.39 Å². The van der Waals surface area contributed by atoms with Crippen molar-refractivity contribution in [2.24, 2.45) is 0 Å². The third-order valence-electron chi connectivity index (χ3n) is 3.81. The third-order valence-corrected chi connectivity index (χ3v) is 3.81. The van der Waals surface area contributed by atoms with Crippen molar-refractivity contribution in [1.29, 1.82) is 0 Å². The van der Waals surface area contributed by atoms with E-state index in [0.717, 1.165) is 6.42 Å². The highest BCUT2D eigenvalue weighted by Crippen LogP contribution is 2.28. The number of likely N-dealkylation sites (tertiary alicyclic amines) is 1. The third kappa shape index (κ3) is 3.13. The second kappa shape index (κ2) is 5.29. The van der Waals surface area contributed by atoms with Crippen LogP contribution in [-0.2, 0) is 11.2 Å². The molecule has 4 heteroatoms. The molecule has 0 aromatic heterocycles. The second-order valence-electron chi connectivity index (χ2n) is 5.78. The summed E-state index contributed by atoms with van der Waals surface area (Å²) in [5.41, 5.74) is 0.130. The van der Waals surface area contributed by atoms with Gasteiger partial charge >= 0.3 is 0 Å². The number of carbonyl (C=O) groups excluding carboxylic acids is 1. The average Bonchev–Trinajstić information content (AvgIpc) is 2.35. The molecule has 1 N–H and O–H groups in total. The number of carbonyl (C=O) groups is 1. The molecule has 1 unspecified atom stereocenters. The monoisotopic (exact) mass is 265 g/mol. The first-order chi connectivity index (χ1) is 8.90. The molecular weight excluding hydrogens is 245 g/mol. The van der Waals surface area contributed by atoms with Gasteiger partial charge in [0, 0.05) is 12.1 Å². The number of benzene rings is 1. The maximum Gasteiger partial charge on any atom is 0.227 e. The highest BCUT2D eigenvalue weighted by molar-refractivity contribution is 5.79. The predicted octanol–water partition coefficient (Wildman–Crippen LogP) is 2.13. The molecule has 1 aromatic carbocycles. The van der Waals surface area contributed by atoms with E-state index in [1.165, 1.54) is 6.07 Å². The van der Waals surface area contributed by atoms with Crippen LogP contribution >= 0.6 is 0 Å². The Morgan fingerprint density at radius 1 is 1.47 bits per heavy atom. The summed E-state index contributed by atoms with van der Waals surface area (Å²) < 4.78 is 13.6. The van der Waals surface area contributed by atoms with Gasteiger partial charge in [-0.1, -0.05) is 18.2 Å². The Hall–Kier alpha value is -1.42. The maximum absolute atomic E-state index is 13.6. The molecule has 0 radical (unpaired) electrons. The van der Waals surface area contributed by atoms with Gasteiger partial charge in [0.05, 0.1) is 12.5 Å². The van der Waals surface area contributed by atoms with Gasteiger partial charge in [-0.15, -0.1) is 0 Å². The van der Waals surface area contributed by atoms with E-state index in [1.807, 2.05) is 13.8 Å². The van der Waals surface area contributed by atoms with Crippen molar-refractivity contribution in [2.45, 2.75) is 44.8 Å². The Kier molecular flexibility index (Phi) is 3.90. The molecule has 0 aliphatic carbocycles. The van der Waals surface area contributed by atoms with E-state index in [9.17, 15) is 14.3 Å². The number of amides is 1. The number of aliphatic hydroxyl groups is 1. The van der Waals surface area contributed by atoms with Crippen molar-refractivity contribution >= 4 is 5.91 Å². The molecule has 1 saturated heterocycles. The van der Waals surface area contributed by atoms with E-state index in [2.05, 4.69) is 0 Å². The number of halogens is 1. The molecule has 1 heterocycles. The summed E-state index contributed by atoms with van der Waals surface area (Å²) in [7, 11) is 0. The standard InChI is InChI=1S/C15H20FNO2/c1-15(2)8-7-12(18)10-17(15)14(19)9-11-5-3-4-6-13(11)16/h3-6,12,18H,7-10H2,1-2H3. The van der Waals surface area contributed by atoms with Crippen LogP contribution in [-0.4, -0.2) is 34.1 Å². The van der Waals surface area contributed by atoms with Gasteiger partial charge in [-0.05, 0) is 38.3 Å². The summed E-state index contributed by atoms with van der Waals surface area (Å²) in [6.07, 6.45) is 1.04. The van der Waals surface area contributed by atoms with E-state index in [4.69, 9.17) is 0 Å². The van der Waals surface area contributed by atoms with Crippen LogP contribution in [0.15, 0.2) is 24.3 Å². The molecule has 1 aliphatic rings. The Labute approximate surface area is 113 Å². The van der Waals surface area contributed by atoms with Gasteiger partial charge in [0.25, 0.3) is 0 Å². The second-order valence-corrected chi connectivity index (χ2v) is 5.78. The molecule has 1 aromatic rings. The summed E-state index contributed by atoms with van der Waals surface area (Å²) in [4.78, 5) is 14.0. The smallest absolute Gasteiger partial charge is 0.227 e. The van der Waals surface area contributed by atoms with Gasteiger partial charge in [-0.2, -0.15) is 0 Å². The Morgan fingerprint density at radius 2 is 2.16 bits per heavy atom. The van der Waals surface area contributed by atoms with Crippen LogP contribution in [0.2, 0.25) is 0 Å². The maximum atomic E-state index is 13.6. The Bertz CT molecular complexity index is 473. The molecule has 104 valence electrons. The first-order valence-electron chi connectivity index (χ1n) is 6.62. The molecule has 1 amide bonds. The molecule has 2 rings (SSSR count). The van der Waals surface area contributed by atoms with Crippen LogP contribution in [0.3, 0.4) is 0 Å². The van der Waals surface area contributed by atoms with Crippen molar-refractivity contribution in [3.8, 4) is 0 Å². The number of β-amino-alcohol motifs (C(OH)–C–C–N with tert-alkyl or cyclic N) is 1. The minimum absolute atomic E-state index is 0.0445. The highest BCUT2D eigenvalue weighted by Gasteiger charge is 2.36. The van der Waals surface area contributed by atoms with Crippen molar-refractivity contribution < 1.29 is 14.3 Å². The summed E-state index contributed by atoms with van der Waals surface area (Å²) in [6, 6.07) is 6.32. The lowest BCUT2D eigenvalue weighted by atomic mass is 9.88. The van der Waals surface area contributed by atoms with Gasteiger partial charge in [0.1, 0.15) is 5.82 Å². The zero-order valence-electron chi connectivity index (χ0n) is 11.4. The number of piperidine rings is 1. The fraction of sp³-hybridized carbons (Fsp3) is 0.533. The number of hydrogen-bond acceptors (Lipinski definition) is 2. The lowest BCUT2D eigenvalue weighted by Gasteiger charge is -2.44. The lowest BCUT2D eigenvalue weighted by molar-refractivity contribution is -0.141. The minimum Gasteiger partial charge on any atom is -0.391 e. The molecule has 1 fully saturated rings. The van der Waals surface area contributed by atoms with E-state index in [0.29, 0.717) is 18.5 Å². The summed E-state index contributed by atoms with van der Waals surface area (Å²) in [5, 5.41) is 9.71. The zero-order valence-corrected chi connectivity index (χ0v) is 11.4. The summed E-state index contributed by atoms with van der Waals surface area (Å²) in [5.74, 6) is -0.486. The van der Waals surface area contributed by atoms with Gasteiger partial charge < -0.3 is 10.0 Å². The SMILES string of the molecule is CC1(C)CCC(O)CN1C(=O)Cc1ccccc1F. The van der Waals surface area contributed by atoms with Gasteiger partial charge in [-0.3, -0.25) is 4.79 Å². The van der Waals surface area contributed by atoms with Crippen LogP contribution in [0.1, 0.15) is 32.3 Å². The first-order valence-corrected chi connectivity index (χ1v) is 6.62. The fourth-order valence-electron chi connectivity index (χ4n) is 2.54. The highest BCUT2D eigenvalue weighted by atomic mass is 19.1. The van der Waals surface area contributed by atoms with E-state index in [1.54, 1.807) is 23.1 Å². The van der Waals surface area contributed by atoms with Crippen LogP contribution < -0.4 is 0 Å². The predicted molar refractivity (Wildman–Crippen MR) is 71.1 cm³/mol. The average molecular weight is 265 g/mol. The van der Waals surface area contributed by atoms with E-state index < -0.39 is 6.10 Å². The zero-order chi connectivity index (χ0) is 14.0. The minimum atomic E-state index is -0.474. The number of hydrogen-bond donors (Lipinski definition) is 1. The van der Waals surface area contributed by atoms with Crippen LogP contribution in [0.5, 0.6) is 0 Å². The topological polar surface area (TPSA) is 40.5 Å². The fourth-order valence-corrected chi connectivity index (χ4v) is 2.54. The Balaban J connectivity index is 2.13. The lowest BCUT2D eigenvalue weighted by Crippen LogP contribution is -2.55. The van der Waals surface area contributed by atoms with Crippen LogP contribution in [0.25, 0.3) is 0 Å². The molecule has 1 atom stereocenters.